The number of benzene rings is 5. The van der Waals surface area contributed by atoms with Crippen molar-refractivity contribution in [1.82, 2.24) is 25.0 Å². The highest BCUT2D eigenvalue weighted by molar-refractivity contribution is 6.06. The number of aliphatic imine (C=N–C) groups is 1. The number of aryl methyl sites for hydroxylation is 1. The molecule has 5 amide bonds. The minimum atomic E-state index is -1.56. The van der Waals surface area contributed by atoms with Crippen LogP contribution in [0, 0.1) is 18.8 Å². The normalized spacial score (nSPS) is 17.8. The number of hydrogen-bond donors (Lipinski definition) is 2. The monoisotopic (exact) mass is 1230 g/mol. The van der Waals surface area contributed by atoms with Crippen LogP contribution in [0.1, 0.15) is 124 Å². The summed E-state index contributed by atoms with van der Waals surface area (Å²) in [6, 6.07) is 31.2. The van der Waals surface area contributed by atoms with E-state index in [-0.39, 0.29) is 110 Å². The van der Waals surface area contributed by atoms with E-state index in [1.54, 1.807) is 65.4 Å². The molecule has 5 aliphatic heterocycles. The molecular weight excluding hydrogens is 1150 g/mol. The number of rotatable bonds is 23. The van der Waals surface area contributed by atoms with Crippen LogP contribution in [0.4, 0.5) is 16.2 Å². The predicted octanol–water partition coefficient (Wildman–Crippen LogP) is 10.2. The van der Waals surface area contributed by atoms with Crippen LogP contribution in [-0.4, -0.2) is 110 Å². The van der Waals surface area contributed by atoms with E-state index in [9.17, 15) is 38.7 Å². The van der Waals surface area contributed by atoms with Crippen LogP contribution in [0.5, 0.6) is 17.2 Å². The quantitative estimate of drug-likeness (QED) is 0.0570. The zero-order chi connectivity index (χ0) is 64.0. The van der Waals surface area contributed by atoms with Gasteiger partial charge in [-0.1, -0.05) is 99.6 Å². The lowest BCUT2D eigenvalue weighted by atomic mass is 9.88. The zero-order valence-corrected chi connectivity index (χ0v) is 51.9. The fourth-order valence-corrected chi connectivity index (χ4v) is 12.5. The van der Waals surface area contributed by atoms with Crippen LogP contribution < -0.4 is 24.4 Å². The molecule has 11 rings (SSSR count). The Bertz CT molecular complexity index is 3880. The van der Waals surface area contributed by atoms with Gasteiger partial charge in [-0.25, -0.2) is 9.69 Å². The molecule has 5 atom stereocenters. The predicted molar refractivity (Wildman–Crippen MR) is 341 cm³/mol. The van der Waals surface area contributed by atoms with E-state index in [2.05, 4.69) is 29.0 Å². The van der Waals surface area contributed by atoms with Gasteiger partial charge in [0.15, 0.2) is 23.5 Å². The van der Waals surface area contributed by atoms with Gasteiger partial charge in [-0.05, 0) is 120 Å². The summed E-state index contributed by atoms with van der Waals surface area (Å²) < 4.78 is 24.6. The molecule has 0 saturated carbocycles. The van der Waals surface area contributed by atoms with Crippen molar-refractivity contribution in [3.05, 3.63) is 201 Å². The van der Waals surface area contributed by atoms with Crippen LogP contribution in [0.15, 0.2) is 145 Å². The molecule has 91 heavy (non-hydrogen) atoms. The molecule has 0 radical (unpaired) electrons. The van der Waals surface area contributed by atoms with Gasteiger partial charge in [0.25, 0.3) is 17.7 Å². The van der Waals surface area contributed by atoms with E-state index >= 15 is 0 Å². The van der Waals surface area contributed by atoms with Gasteiger partial charge in [-0.2, -0.15) is 0 Å². The van der Waals surface area contributed by atoms with Crippen molar-refractivity contribution in [2.75, 3.05) is 18.6 Å². The Balaban J connectivity index is 0.728. The van der Waals surface area contributed by atoms with Crippen molar-refractivity contribution >= 4 is 58.9 Å². The van der Waals surface area contributed by atoms with Crippen molar-refractivity contribution in [3.63, 3.8) is 0 Å². The Morgan fingerprint density at radius 1 is 0.725 bits per heavy atom. The molecule has 0 aliphatic carbocycles. The standard InChI is InChI=1S/C72H75N7O12/c1-43(2)57(33-56(80)18-8-7-13-27-76-45(4)19-24-67(76)82)68(83)75-46(5)63(81)30-47-20-22-48(23-21-47)40-91-72(87)79-61-36-66(65(88-6)34-59(61)70(85)78-39-53-17-12-10-15-51(53)32-62(78)71(79)86)89-41-49-25-26-73-54(29-49)42-90-64-35-60-58(28-44(64)3)69(84)77-38-52-16-11-9-14-50(52)31-55(77)37-74-60/h9-12,14-17,19-26,28-29,34-37,43,46,55,57,62,71,86H,4,7-8,13,18,27,30-33,38-42H2,1-3,5-6H3,(H,75,83)/t46-,55-,57-,62-,71?/m0/s1. The van der Waals surface area contributed by atoms with Crippen LogP contribution in [0.25, 0.3) is 0 Å². The highest BCUT2D eigenvalue weighted by Crippen LogP contribution is 2.43. The van der Waals surface area contributed by atoms with Crippen molar-refractivity contribution < 1.29 is 57.6 Å². The van der Waals surface area contributed by atoms with Gasteiger partial charge >= 0.3 is 6.09 Å². The number of aromatic nitrogens is 1. The van der Waals surface area contributed by atoms with Gasteiger partial charge in [0.05, 0.1) is 53.4 Å². The van der Waals surface area contributed by atoms with Gasteiger partial charge < -0.3 is 44.1 Å². The molecule has 1 aromatic heterocycles. The van der Waals surface area contributed by atoms with E-state index in [0.29, 0.717) is 71.9 Å². The maximum Gasteiger partial charge on any atom is 0.416 e. The molecule has 5 aliphatic rings. The lowest BCUT2D eigenvalue weighted by Crippen LogP contribution is -2.55. The Morgan fingerprint density at radius 3 is 2.13 bits per heavy atom. The molecule has 0 fully saturated rings. The van der Waals surface area contributed by atoms with Gasteiger partial charge in [0.2, 0.25) is 5.91 Å². The van der Waals surface area contributed by atoms with Crippen molar-refractivity contribution in [2.24, 2.45) is 16.8 Å². The SMILES string of the molecule is C=C1C=CC(=O)N1CCCCCC(=O)C[C@H](C(=O)N[C@@H](C)C(=O)Cc1ccc(COC(=O)N2c3cc(OCc4ccnc(COc5cc6c(cc5C)C(=O)N5Cc7ccccc7C[C@H]5C=N6)c4)c(OC)cc3C(=O)N3Cc4ccccc4C[C@H]3C2O)cc1)C(C)C. The van der Waals surface area contributed by atoms with Gasteiger partial charge in [0, 0.05) is 81.1 Å². The fourth-order valence-electron chi connectivity index (χ4n) is 12.5. The second kappa shape index (κ2) is 27.6. The van der Waals surface area contributed by atoms with E-state index in [4.69, 9.17) is 23.9 Å². The molecular formula is C72H75N7O12. The largest absolute Gasteiger partial charge is 0.493 e. The number of aliphatic hydroxyl groups excluding tert-OH is 1. The smallest absolute Gasteiger partial charge is 0.416 e. The van der Waals surface area contributed by atoms with Crippen LogP contribution >= 0.6 is 0 Å². The first-order valence-electron chi connectivity index (χ1n) is 31.0. The first kappa shape index (κ1) is 62.8. The molecule has 2 N–H and O–H groups in total. The maximum atomic E-state index is 14.8. The topological polar surface area (TPSA) is 227 Å². The number of nitrogens with zero attached hydrogens (tertiary/aromatic N) is 6. The van der Waals surface area contributed by atoms with Crippen molar-refractivity contribution in [2.45, 2.75) is 136 Å². The third-order valence-electron chi connectivity index (χ3n) is 17.8. The summed E-state index contributed by atoms with van der Waals surface area (Å²) in [5.74, 6) is -1.02. The minimum Gasteiger partial charge on any atom is -0.493 e. The number of Topliss-reactive ketones (excluding diaryl/α,β-unsaturated/α-hetero) is 2. The highest BCUT2D eigenvalue weighted by Gasteiger charge is 2.46. The van der Waals surface area contributed by atoms with Crippen LogP contribution in [0.3, 0.4) is 0 Å². The number of unbranched alkanes of at least 4 members (excludes halogenated alkanes) is 2. The molecule has 0 bridgehead atoms. The first-order chi connectivity index (χ1) is 43.9. The average molecular weight is 1230 g/mol. The van der Waals surface area contributed by atoms with E-state index in [0.717, 1.165) is 45.6 Å². The molecule has 0 spiro atoms. The average Bonchev–Trinajstić information content (AvgIpc) is 1.66. The maximum absolute atomic E-state index is 14.8. The number of methoxy groups -OCH3 is 1. The number of carbonyl (C=O) groups excluding carboxylic acids is 7. The van der Waals surface area contributed by atoms with Crippen LogP contribution in [-0.2, 0) is 76.1 Å². The Morgan fingerprint density at radius 2 is 1.42 bits per heavy atom. The summed E-state index contributed by atoms with van der Waals surface area (Å²) in [7, 11) is 1.45. The van der Waals surface area contributed by atoms with Gasteiger partial charge in [0.1, 0.15) is 31.4 Å². The molecule has 1 unspecified atom stereocenters. The second-order valence-corrected chi connectivity index (χ2v) is 24.4. The molecule has 19 heteroatoms. The molecule has 19 nitrogen and oxygen atoms in total. The summed E-state index contributed by atoms with van der Waals surface area (Å²) in [5.41, 5.74) is 9.37. The summed E-state index contributed by atoms with van der Waals surface area (Å²) in [6.07, 6.45) is 7.62. The van der Waals surface area contributed by atoms with Gasteiger partial charge in [-0.3, -0.25) is 38.7 Å². The van der Waals surface area contributed by atoms with E-state index in [1.807, 2.05) is 80.4 Å². The number of anilines is 1. The number of pyridine rings is 1. The molecule has 6 aromatic rings. The molecule has 5 aromatic carbocycles. The fraction of sp³-hybridized carbons (Fsp3) is 0.347. The number of nitrogens with one attached hydrogen (secondary N) is 1. The molecule has 0 saturated heterocycles. The number of fused-ring (bicyclic) bond motifs is 6. The van der Waals surface area contributed by atoms with Crippen LogP contribution in [0.2, 0.25) is 0 Å². The molecule has 6 heterocycles. The summed E-state index contributed by atoms with van der Waals surface area (Å²) >= 11 is 0. The Labute approximate surface area is 529 Å². The molecule has 470 valence electrons. The minimum absolute atomic E-state index is 0.00254. The van der Waals surface area contributed by atoms with Gasteiger partial charge in [-0.15, -0.1) is 0 Å². The number of amides is 5. The number of aliphatic hydroxyl groups is 1. The third-order valence-corrected chi connectivity index (χ3v) is 17.8. The summed E-state index contributed by atoms with van der Waals surface area (Å²) in [4.78, 5) is 111. The number of allylic oxidation sites excluding steroid dienone is 1. The Kier molecular flexibility index (Phi) is 19.0. The third kappa shape index (κ3) is 14.0. The number of carbonyl (C=O) groups is 7. The number of hydrogen-bond acceptors (Lipinski definition) is 14. The Hall–Kier alpha value is -9.75. The van der Waals surface area contributed by atoms with E-state index in [1.165, 1.54) is 30.9 Å². The highest BCUT2D eigenvalue weighted by atomic mass is 16.6. The number of ketones is 2. The lowest BCUT2D eigenvalue weighted by molar-refractivity contribution is -0.133. The first-order valence-corrected chi connectivity index (χ1v) is 31.0. The van der Waals surface area contributed by atoms with Crippen molar-refractivity contribution in [3.8, 4) is 17.2 Å². The number of ether oxygens (including phenoxy) is 4. The zero-order valence-electron chi connectivity index (χ0n) is 51.9. The second-order valence-electron chi connectivity index (χ2n) is 24.4. The lowest BCUT2D eigenvalue weighted by Gasteiger charge is -2.39. The van der Waals surface area contributed by atoms with Crippen molar-refractivity contribution in [1.29, 1.82) is 0 Å². The van der Waals surface area contributed by atoms with E-state index < -0.39 is 36.2 Å². The summed E-state index contributed by atoms with van der Waals surface area (Å²) in [6.45, 7) is 12.3. The summed E-state index contributed by atoms with van der Waals surface area (Å²) in [5, 5.41) is 15.2.